The summed E-state index contributed by atoms with van der Waals surface area (Å²) in [4.78, 5) is 12.0. The molecule has 1 atom stereocenters. The van der Waals surface area contributed by atoms with Crippen molar-refractivity contribution in [1.29, 1.82) is 0 Å². The molecule has 2 rings (SSSR count). The lowest BCUT2D eigenvalue weighted by Crippen LogP contribution is -2.14. The molecule has 2 aromatic rings. The first kappa shape index (κ1) is 28.9. The van der Waals surface area contributed by atoms with Gasteiger partial charge < -0.3 is 10.1 Å². The van der Waals surface area contributed by atoms with Crippen LogP contribution in [0.1, 0.15) is 115 Å². The molecule has 1 unspecified atom stereocenters. The van der Waals surface area contributed by atoms with Gasteiger partial charge >= 0.3 is 5.97 Å². The minimum Gasteiger partial charge on any atom is -0.461 e. The van der Waals surface area contributed by atoms with Crippen LogP contribution in [0.15, 0.2) is 54.6 Å². The average Bonchev–Trinajstić information content (AvgIpc) is 2.88. The van der Waals surface area contributed by atoms with Gasteiger partial charge in [0.2, 0.25) is 0 Å². The summed E-state index contributed by atoms with van der Waals surface area (Å²) in [5, 5.41) is 3.62. The first-order valence-corrected chi connectivity index (χ1v) is 14.2. The second kappa shape index (κ2) is 19.0. The van der Waals surface area contributed by atoms with Crippen molar-refractivity contribution in [1.82, 2.24) is 0 Å². The van der Waals surface area contributed by atoms with E-state index in [0.717, 1.165) is 11.3 Å². The normalized spacial score (nSPS) is 11.8. The fraction of sp³-hybridized carbons (Fsp3) is 0.594. The predicted molar refractivity (Wildman–Crippen MR) is 150 cm³/mol. The highest BCUT2D eigenvalue weighted by atomic mass is 16.5. The second-order valence-corrected chi connectivity index (χ2v) is 10.1. The smallest absolute Gasteiger partial charge is 0.306 e. The molecule has 0 fully saturated rings. The zero-order chi connectivity index (χ0) is 25.0. The molecule has 0 aliphatic carbocycles. The monoisotopic (exact) mass is 479 g/mol. The molecular weight excluding hydrogens is 430 g/mol. The Kier molecular flexibility index (Phi) is 15.7. The van der Waals surface area contributed by atoms with E-state index in [1.54, 1.807) is 0 Å². The van der Waals surface area contributed by atoms with Crippen LogP contribution in [0.5, 0.6) is 0 Å². The van der Waals surface area contributed by atoms with Crippen molar-refractivity contribution in [3.8, 4) is 0 Å². The van der Waals surface area contributed by atoms with Crippen molar-refractivity contribution in [3.63, 3.8) is 0 Å². The van der Waals surface area contributed by atoms with E-state index in [4.69, 9.17) is 4.74 Å². The number of hydrogen-bond acceptors (Lipinski definition) is 3. The lowest BCUT2D eigenvalue weighted by atomic mass is 10.0. The van der Waals surface area contributed by atoms with Crippen LogP contribution < -0.4 is 5.32 Å². The number of carbonyl (C=O) groups excluding carboxylic acids is 1. The van der Waals surface area contributed by atoms with E-state index >= 15 is 0 Å². The number of unbranched alkanes of at least 4 members (excludes halogenated alkanes) is 11. The fourth-order valence-electron chi connectivity index (χ4n) is 4.47. The van der Waals surface area contributed by atoms with Crippen molar-refractivity contribution >= 4 is 11.7 Å². The Balaban J connectivity index is 1.47. The van der Waals surface area contributed by atoms with Crippen LogP contribution in [0.2, 0.25) is 0 Å². The van der Waals surface area contributed by atoms with Gasteiger partial charge in [-0.05, 0) is 43.0 Å². The molecule has 3 nitrogen and oxygen atoms in total. The van der Waals surface area contributed by atoms with Gasteiger partial charge in [-0.2, -0.15) is 0 Å². The minimum atomic E-state index is -0.146. The first-order valence-electron chi connectivity index (χ1n) is 14.2. The summed E-state index contributed by atoms with van der Waals surface area (Å²) >= 11 is 0. The van der Waals surface area contributed by atoms with Gasteiger partial charge in [0.1, 0.15) is 6.61 Å². The third kappa shape index (κ3) is 14.7. The molecule has 0 saturated heterocycles. The predicted octanol–water partition coefficient (Wildman–Crippen LogP) is 9.25. The number of anilines is 1. The highest BCUT2D eigenvalue weighted by Gasteiger charge is 2.06. The highest BCUT2D eigenvalue weighted by Crippen LogP contribution is 2.16. The number of hydrogen-bond donors (Lipinski definition) is 1. The molecule has 0 heterocycles. The second-order valence-electron chi connectivity index (χ2n) is 10.1. The van der Waals surface area contributed by atoms with E-state index in [9.17, 15) is 4.79 Å². The van der Waals surface area contributed by atoms with E-state index in [1.165, 1.54) is 89.0 Å². The number of nitrogens with one attached hydrogen (secondary N) is 1. The van der Waals surface area contributed by atoms with Crippen LogP contribution in [0.25, 0.3) is 0 Å². The Labute approximate surface area is 215 Å². The maximum atomic E-state index is 12.0. The van der Waals surface area contributed by atoms with Gasteiger partial charge in [-0.3, -0.25) is 4.79 Å². The van der Waals surface area contributed by atoms with Crippen molar-refractivity contribution in [2.75, 3.05) is 5.32 Å². The molecule has 0 aliphatic heterocycles. The Bertz CT molecular complexity index is 772. The SMILES string of the molecule is CCCCCCCCCCCCCCC(C)Nc1ccc(CCC(=O)OCc2ccccc2)cc1. The van der Waals surface area contributed by atoms with Crippen LogP contribution in [0.3, 0.4) is 0 Å². The summed E-state index contributed by atoms with van der Waals surface area (Å²) in [7, 11) is 0. The van der Waals surface area contributed by atoms with Gasteiger partial charge in [0.05, 0.1) is 0 Å². The summed E-state index contributed by atoms with van der Waals surface area (Å²) in [5.41, 5.74) is 3.35. The molecule has 0 amide bonds. The Morgan fingerprint density at radius 3 is 1.91 bits per heavy atom. The lowest BCUT2D eigenvalue weighted by Gasteiger charge is -2.15. The van der Waals surface area contributed by atoms with Gasteiger partial charge in [0.25, 0.3) is 0 Å². The standard InChI is InChI=1S/C32H49NO2/c1-3-4-5-6-7-8-9-10-11-12-13-15-18-28(2)33-31-24-21-29(22-25-31)23-26-32(34)35-27-30-19-16-14-17-20-30/h14,16-17,19-22,24-25,28,33H,3-13,15,18,23,26-27H2,1-2H3. The number of carbonyl (C=O) groups is 1. The van der Waals surface area contributed by atoms with E-state index in [-0.39, 0.29) is 5.97 Å². The number of esters is 1. The maximum absolute atomic E-state index is 12.0. The van der Waals surface area contributed by atoms with Gasteiger partial charge in [0, 0.05) is 18.2 Å². The van der Waals surface area contributed by atoms with Gasteiger partial charge in [-0.15, -0.1) is 0 Å². The van der Waals surface area contributed by atoms with Gasteiger partial charge in [-0.25, -0.2) is 0 Å². The summed E-state index contributed by atoms with van der Waals surface area (Å²) < 4.78 is 5.37. The number of aryl methyl sites for hydroxylation is 1. The molecule has 1 N–H and O–H groups in total. The molecule has 35 heavy (non-hydrogen) atoms. The molecule has 0 aliphatic rings. The third-order valence-corrected chi connectivity index (χ3v) is 6.72. The minimum absolute atomic E-state index is 0.146. The van der Waals surface area contributed by atoms with Crippen LogP contribution in [0.4, 0.5) is 5.69 Å². The topological polar surface area (TPSA) is 38.3 Å². The molecule has 0 saturated carbocycles. The fourth-order valence-corrected chi connectivity index (χ4v) is 4.47. The molecular formula is C32H49NO2. The van der Waals surface area contributed by atoms with Crippen molar-refractivity contribution in [2.24, 2.45) is 0 Å². The third-order valence-electron chi connectivity index (χ3n) is 6.72. The number of rotatable bonds is 20. The van der Waals surface area contributed by atoms with E-state index in [0.29, 0.717) is 25.5 Å². The highest BCUT2D eigenvalue weighted by molar-refractivity contribution is 5.69. The van der Waals surface area contributed by atoms with E-state index < -0.39 is 0 Å². The molecule has 0 radical (unpaired) electrons. The van der Waals surface area contributed by atoms with Gasteiger partial charge in [0.15, 0.2) is 0 Å². The molecule has 0 spiro atoms. The first-order chi connectivity index (χ1) is 17.2. The Hall–Kier alpha value is -2.29. The van der Waals surface area contributed by atoms with E-state index in [1.807, 2.05) is 30.3 Å². The largest absolute Gasteiger partial charge is 0.461 e. The average molecular weight is 480 g/mol. The summed E-state index contributed by atoms with van der Waals surface area (Å²) in [5.74, 6) is -0.146. The van der Waals surface area contributed by atoms with Crippen LogP contribution >= 0.6 is 0 Å². The lowest BCUT2D eigenvalue weighted by molar-refractivity contribution is -0.144. The Morgan fingerprint density at radius 1 is 0.743 bits per heavy atom. The van der Waals surface area contributed by atoms with Crippen LogP contribution in [-0.4, -0.2) is 12.0 Å². The summed E-state index contributed by atoms with van der Waals surface area (Å²) in [6.45, 7) is 4.90. The van der Waals surface area contributed by atoms with Gasteiger partial charge in [-0.1, -0.05) is 126 Å². The quantitative estimate of drug-likeness (QED) is 0.152. The van der Waals surface area contributed by atoms with Crippen LogP contribution in [0, 0.1) is 0 Å². The molecule has 0 bridgehead atoms. The Morgan fingerprint density at radius 2 is 1.31 bits per heavy atom. The molecule has 0 aromatic heterocycles. The maximum Gasteiger partial charge on any atom is 0.306 e. The molecule has 3 heteroatoms. The number of ether oxygens (including phenoxy) is 1. The number of benzene rings is 2. The summed E-state index contributed by atoms with van der Waals surface area (Å²) in [6.07, 6.45) is 19.1. The van der Waals surface area contributed by atoms with Crippen LogP contribution in [-0.2, 0) is 22.6 Å². The molecule has 194 valence electrons. The molecule has 2 aromatic carbocycles. The van der Waals surface area contributed by atoms with E-state index in [2.05, 4.69) is 43.4 Å². The zero-order valence-corrected chi connectivity index (χ0v) is 22.4. The zero-order valence-electron chi connectivity index (χ0n) is 22.4. The van der Waals surface area contributed by atoms with Crippen molar-refractivity contribution < 1.29 is 9.53 Å². The summed E-state index contributed by atoms with van der Waals surface area (Å²) in [6, 6.07) is 18.8. The van der Waals surface area contributed by atoms with Crippen molar-refractivity contribution in [3.05, 3.63) is 65.7 Å². The van der Waals surface area contributed by atoms with Crippen molar-refractivity contribution in [2.45, 2.75) is 123 Å².